The summed E-state index contributed by atoms with van der Waals surface area (Å²) in [7, 11) is 1.72. The first kappa shape index (κ1) is 9.99. The summed E-state index contributed by atoms with van der Waals surface area (Å²) < 4.78 is 7.79. The first-order valence-electron chi connectivity index (χ1n) is 4.50. The van der Waals surface area contributed by atoms with Crippen molar-refractivity contribution in [2.45, 2.75) is 13.3 Å². The van der Waals surface area contributed by atoms with Gasteiger partial charge in [-0.3, -0.25) is 0 Å². The van der Waals surface area contributed by atoms with E-state index in [1.54, 1.807) is 18.4 Å². The number of thiophene rings is 1. The lowest BCUT2D eigenvalue weighted by Crippen LogP contribution is -1.91. The SMILES string of the molecule is CCc1c(OC)c(Br)cc2ccsc12. The van der Waals surface area contributed by atoms with Gasteiger partial charge in [0.15, 0.2) is 0 Å². The molecule has 1 nitrogen and oxygen atoms in total. The lowest BCUT2D eigenvalue weighted by molar-refractivity contribution is 0.408. The maximum absolute atomic E-state index is 5.40. The molecule has 74 valence electrons. The Hall–Kier alpha value is -0.540. The number of hydrogen-bond acceptors (Lipinski definition) is 2. The van der Waals surface area contributed by atoms with E-state index in [0.717, 1.165) is 16.6 Å². The molecule has 0 unspecified atom stereocenters. The fraction of sp³-hybridized carbons (Fsp3) is 0.273. The Kier molecular flexibility index (Phi) is 2.79. The second kappa shape index (κ2) is 3.91. The number of halogens is 1. The predicted octanol–water partition coefficient (Wildman–Crippen LogP) is 4.23. The van der Waals surface area contributed by atoms with Crippen LogP contribution in [0, 0.1) is 0 Å². The number of benzene rings is 1. The fourth-order valence-corrected chi connectivity index (χ4v) is 3.31. The van der Waals surface area contributed by atoms with Gasteiger partial charge >= 0.3 is 0 Å². The summed E-state index contributed by atoms with van der Waals surface area (Å²) in [4.78, 5) is 0. The zero-order chi connectivity index (χ0) is 10.1. The van der Waals surface area contributed by atoms with Crippen LogP contribution in [-0.4, -0.2) is 7.11 Å². The Morgan fingerprint density at radius 1 is 1.50 bits per heavy atom. The average Bonchev–Trinajstić information content (AvgIpc) is 2.62. The van der Waals surface area contributed by atoms with Crippen molar-refractivity contribution in [1.82, 2.24) is 0 Å². The molecular formula is C11H11BrOS. The maximum atomic E-state index is 5.40. The van der Waals surface area contributed by atoms with E-state index in [1.165, 1.54) is 15.6 Å². The van der Waals surface area contributed by atoms with Crippen LogP contribution >= 0.6 is 27.3 Å². The van der Waals surface area contributed by atoms with Crippen LogP contribution in [0.2, 0.25) is 0 Å². The molecule has 0 radical (unpaired) electrons. The Balaban J connectivity index is 2.82. The zero-order valence-electron chi connectivity index (χ0n) is 8.13. The summed E-state index contributed by atoms with van der Waals surface area (Å²) in [6.45, 7) is 2.16. The van der Waals surface area contributed by atoms with E-state index < -0.39 is 0 Å². The summed E-state index contributed by atoms with van der Waals surface area (Å²) in [6.07, 6.45) is 1.000. The number of aryl methyl sites for hydroxylation is 1. The number of fused-ring (bicyclic) bond motifs is 1. The molecule has 0 aliphatic rings. The van der Waals surface area contributed by atoms with E-state index in [1.807, 2.05) is 0 Å². The van der Waals surface area contributed by atoms with Crippen LogP contribution in [0.3, 0.4) is 0 Å². The van der Waals surface area contributed by atoms with Crippen LogP contribution < -0.4 is 4.74 Å². The first-order valence-corrected chi connectivity index (χ1v) is 6.17. The first-order chi connectivity index (χ1) is 6.77. The van der Waals surface area contributed by atoms with Gasteiger partial charge in [0, 0.05) is 10.3 Å². The third-order valence-electron chi connectivity index (χ3n) is 2.30. The van der Waals surface area contributed by atoms with Crippen LogP contribution in [-0.2, 0) is 6.42 Å². The van der Waals surface area contributed by atoms with E-state index >= 15 is 0 Å². The molecule has 0 saturated heterocycles. The molecule has 0 saturated carbocycles. The summed E-state index contributed by atoms with van der Waals surface area (Å²) in [5.41, 5.74) is 1.30. The van der Waals surface area contributed by atoms with Crippen molar-refractivity contribution in [2.24, 2.45) is 0 Å². The van der Waals surface area contributed by atoms with Gasteiger partial charge in [0.1, 0.15) is 5.75 Å². The topological polar surface area (TPSA) is 9.23 Å². The van der Waals surface area contributed by atoms with Crippen LogP contribution in [0.4, 0.5) is 0 Å². The summed E-state index contributed by atoms with van der Waals surface area (Å²) >= 11 is 5.31. The second-order valence-corrected chi connectivity index (χ2v) is 4.83. The van der Waals surface area contributed by atoms with Crippen LogP contribution in [0.15, 0.2) is 22.0 Å². The summed E-state index contributed by atoms with van der Waals surface area (Å²) in [6, 6.07) is 4.26. The molecule has 2 rings (SSSR count). The van der Waals surface area contributed by atoms with Gasteiger partial charge in [-0.2, -0.15) is 0 Å². The van der Waals surface area contributed by atoms with E-state index in [-0.39, 0.29) is 0 Å². The highest BCUT2D eigenvalue weighted by Gasteiger charge is 2.11. The third-order valence-corrected chi connectivity index (χ3v) is 3.88. The molecule has 1 aromatic carbocycles. The summed E-state index contributed by atoms with van der Waals surface area (Å²) in [5, 5.41) is 3.41. The van der Waals surface area contributed by atoms with Gasteiger partial charge < -0.3 is 4.74 Å². The molecule has 0 atom stereocenters. The van der Waals surface area contributed by atoms with Gasteiger partial charge in [0.2, 0.25) is 0 Å². The molecule has 0 bridgehead atoms. The average molecular weight is 271 g/mol. The van der Waals surface area contributed by atoms with E-state index in [2.05, 4.69) is 40.4 Å². The number of rotatable bonds is 2. The Bertz CT molecular complexity index is 462. The molecule has 0 aliphatic carbocycles. The van der Waals surface area contributed by atoms with Crippen molar-refractivity contribution < 1.29 is 4.74 Å². The van der Waals surface area contributed by atoms with Crippen LogP contribution in [0.25, 0.3) is 10.1 Å². The highest BCUT2D eigenvalue weighted by atomic mass is 79.9. The normalized spacial score (nSPS) is 10.8. The fourth-order valence-electron chi connectivity index (χ4n) is 1.67. The zero-order valence-corrected chi connectivity index (χ0v) is 10.5. The third kappa shape index (κ3) is 1.44. The van der Waals surface area contributed by atoms with Crippen molar-refractivity contribution in [3.63, 3.8) is 0 Å². The van der Waals surface area contributed by atoms with Crippen molar-refractivity contribution in [3.05, 3.63) is 27.5 Å². The van der Waals surface area contributed by atoms with Gasteiger partial charge in [-0.05, 0) is 45.2 Å². The van der Waals surface area contributed by atoms with Crippen molar-refractivity contribution in [2.75, 3.05) is 7.11 Å². The van der Waals surface area contributed by atoms with E-state index in [0.29, 0.717) is 0 Å². The molecule has 0 aliphatic heterocycles. The Morgan fingerprint density at radius 2 is 2.29 bits per heavy atom. The molecular weight excluding hydrogens is 260 g/mol. The van der Waals surface area contributed by atoms with Crippen molar-refractivity contribution in [3.8, 4) is 5.75 Å². The highest BCUT2D eigenvalue weighted by Crippen LogP contribution is 2.38. The lowest BCUT2D eigenvalue weighted by atomic mass is 10.1. The number of hydrogen-bond donors (Lipinski definition) is 0. The molecule has 1 heterocycles. The van der Waals surface area contributed by atoms with Crippen LogP contribution in [0.5, 0.6) is 5.75 Å². The molecule has 0 N–H and O–H groups in total. The highest BCUT2D eigenvalue weighted by molar-refractivity contribution is 9.10. The molecule has 0 amide bonds. The molecule has 2 aromatic rings. The largest absolute Gasteiger partial charge is 0.495 e. The minimum Gasteiger partial charge on any atom is -0.495 e. The van der Waals surface area contributed by atoms with Gasteiger partial charge in [0.25, 0.3) is 0 Å². The molecule has 14 heavy (non-hydrogen) atoms. The maximum Gasteiger partial charge on any atom is 0.137 e. The number of ether oxygens (including phenoxy) is 1. The predicted molar refractivity (Wildman–Crippen MR) is 65.5 cm³/mol. The van der Waals surface area contributed by atoms with Crippen LogP contribution in [0.1, 0.15) is 12.5 Å². The van der Waals surface area contributed by atoms with Crippen molar-refractivity contribution in [1.29, 1.82) is 0 Å². The van der Waals surface area contributed by atoms with Crippen molar-refractivity contribution >= 4 is 37.4 Å². The lowest BCUT2D eigenvalue weighted by Gasteiger charge is -2.09. The molecule has 3 heteroatoms. The summed E-state index contributed by atoms with van der Waals surface area (Å²) in [5.74, 6) is 0.974. The van der Waals surface area contributed by atoms with E-state index in [9.17, 15) is 0 Å². The van der Waals surface area contributed by atoms with Gasteiger partial charge in [-0.25, -0.2) is 0 Å². The standard InChI is InChI=1S/C11H11BrOS/c1-3-8-10(13-2)9(12)6-7-4-5-14-11(7)8/h4-6H,3H2,1-2H3. The van der Waals surface area contributed by atoms with Gasteiger partial charge in [-0.1, -0.05) is 6.92 Å². The number of methoxy groups -OCH3 is 1. The van der Waals surface area contributed by atoms with Gasteiger partial charge in [0.05, 0.1) is 11.6 Å². The minimum atomic E-state index is 0.974. The monoisotopic (exact) mass is 270 g/mol. The molecule has 1 aromatic heterocycles. The Labute approximate surface area is 95.8 Å². The quantitative estimate of drug-likeness (QED) is 0.794. The molecule has 0 spiro atoms. The van der Waals surface area contributed by atoms with E-state index in [4.69, 9.17) is 4.74 Å². The second-order valence-electron chi connectivity index (χ2n) is 3.06. The minimum absolute atomic E-state index is 0.974. The molecule has 0 fully saturated rings. The Morgan fingerprint density at radius 3 is 2.93 bits per heavy atom. The smallest absolute Gasteiger partial charge is 0.137 e. The van der Waals surface area contributed by atoms with Gasteiger partial charge in [-0.15, -0.1) is 11.3 Å².